The van der Waals surface area contributed by atoms with Crippen molar-refractivity contribution in [1.29, 1.82) is 0 Å². The number of hydrogen-bond donors (Lipinski definition) is 1. The van der Waals surface area contributed by atoms with E-state index in [9.17, 15) is 0 Å². The average Bonchev–Trinajstić information content (AvgIpc) is 2.84. The number of nitrogens with one attached hydrogen (secondary N) is 1. The van der Waals surface area contributed by atoms with Crippen LogP contribution in [-0.2, 0) is 6.54 Å². The zero-order valence-corrected chi connectivity index (χ0v) is 12.4. The Morgan fingerprint density at radius 2 is 1.95 bits per heavy atom. The predicted molar refractivity (Wildman–Crippen MR) is 84.4 cm³/mol. The van der Waals surface area contributed by atoms with Crippen LogP contribution >= 0.6 is 23.2 Å². The zero-order valence-electron chi connectivity index (χ0n) is 10.9. The molecule has 0 atom stereocenters. The summed E-state index contributed by atoms with van der Waals surface area (Å²) in [6.07, 6.45) is 0. The molecule has 2 nitrogen and oxygen atoms in total. The normalized spacial score (nSPS) is 11.2. The van der Waals surface area contributed by atoms with E-state index in [0.717, 1.165) is 34.4 Å². The summed E-state index contributed by atoms with van der Waals surface area (Å²) in [6, 6.07) is 13.5. The Bertz CT molecular complexity index is 764. The minimum Gasteiger partial charge on any atom is -0.455 e. The van der Waals surface area contributed by atoms with Crippen molar-refractivity contribution in [3.05, 3.63) is 58.1 Å². The lowest BCUT2D eigenvalue weighted by Crippen LogP contribution is -2.06. The summed E-state index contributed by atoms with van der Waals surface area (Å²) >= 11 is 12.2. The molecule has 0 aliphatic rings. The van der Waals surface area contributed by atoms with E-state index in [0.29, 0.717) is 10.0 Å². The topological polar surface area (TPSA) is 25.2 Å². The highest BCUT2D eigenvalue weighted by Gasteiger charge is 2.12. The smallest absolute Gasteiger partial charge is 0.153 e. The Morgan fingerprint density at radius 1 is 1.10 bits per heavy atom. The molecule has 20 heavy (non-hydrogen) atoms. The van der Waals surface area contributed by atoms with Gasteiger partial charge in [0.15, 0.2) is 5.58 Å². The Hall–Kier alpha value is -1.48. The maximum atomic E-state index is 6.16. The summed E-state index contributed by atoms with van der Waals surface area (Å²) < 4.78 is 5.91. The number of para-hydroxylation sites is 1. The van der Waals surface area contributed by atoms with Gasteiger partial charge in [-0.05, 0) is 42.9 Å². The first kappa shape index (κ1) is 13.5. The second kappa shape index (κ2) is 5.49. The van der Waals surface area contributed by atoms with Crippen molar-refractivity contribution in [1.82, 2.24) is 5.32 Å². The van der Waals surface area contributed by atoms with Crippen LogP contribution in [0.3, 0.4) is 0 Å². The molecule has 1 aromatic heterocycles. The van der Waals surface area contributed by atoms with Crippen molar-refractivity contribution in [2.24, 2.45) is 0 Å². The molecule has 4 heteroatoms. The molecule has 0 saturated heterocycles. The van der Waals surface area contributed by atoms with Gasteiger partial charge >= 0.3 is 0 Å². The van der Waals surface area contributed by atoms with Crippen LogP contribution in [0.15, 0.2) is 46.9 Å². The molecule has 1 N–H and O–H groups in total. The Balaban J connectivity index is 2.17. The summed E-state index contributed by atoms with van der Waals surface area (Å²) in [5.74, 6) is 0.801. The molecule has 0 aliphatic carbocycles. The van der Waals surface area contributed by atoms with Gasteiger partial charge in [0.1, 0.15) is 5.76 Å². The predicted octanol–water partition coefficient (Wildman–Crippen LogP) is 5.13. The molecule has 0 amide bonds. The van der Waals surface area contributed by atoms with Gasteiger partial charge in [0, 0.05) is 22.5 Å². The van der Waals surface area contributed by atoms with E-state index in [1.807, 2.05) is 49.5 Å². The molecule has 0 aliphatic heterocycles. The van der Waals surface area contributed by atoms with Crippen molar-refractivity contribution in [2.75, 3.05) is 7.05 Å². The van der Waals surface area contributed by atoms with E-state index in [1.54, 1.807) is 0 Å². The molecule has 3 rings (SSSR count). The van der Waals surface area contributed by atoms with Gasteiger partial charge in [-0.15, -0.1) is 0 Å². The van der Waals surface area contributed by atoms with Gasteiger partial charge < -0.3 is 9.73 Å². The van der Waals surface area contributed by atoms with Gasteiger partial charge in [-0.25, -0.2) is 0 Å². The van der Waals surface area contributed by atoms with Crippen LogP contribution in [0.4, 0.5) is 0 Å². The van der Waals surface area contributed by atoms with E-state index in [2.05, 4.69) is 5.32 Å². The maximum Gasteiger partial charge on any atom is 0.153 e. The van der Waals surface area contributed by atoms with Gasteiger partial charge in [-0.2, -0.15) is 0 Å². The number of fused-ring (bicyclic) bond motifs is 1. The zero-order chi connectivity index (χ0) is 14.1. The van der Waals surface area contributed by atoms with Gasteiger partial charge in [-0.1, -0.05) is 35.3 Å². The van der Waals surface area contributed by atoms with Crippen molar-refractivity contribution in [3.63, 3.8) is 0 Å². The van der Waals surface area contributed by atoms with E-state index in [1.165, 1.54) is 0 Å². The SMILES string of the molecule is CNCc1cc(Cl)ccc1-c1cc2cccc(Cl)c2o1. The molecule has 102 valence electrons. The third-order valence-corrected chi connectivity index (χ3v) is 3.73. The summed E-state index contributed by atoms with van der Waals surface area (Å²) in [5.41, 5.74) is 2.83. The fourth-order valence-electron chi connectivity index (χ4n) is 2.30. The fraction of sp³-hybridized carbons (Fsp3) is 0.125. The fourth-order valence-corrected chi connectivity index (χ4v) is 2.71. The van der Waals surface area contributed by atoms with E-state index in [4.69, 9.17) is 27.6 Å². The highest BCUT2D eigenvalue weighted by atomic mass is 35.5. The van der Waals surface area contributed by atoms with Crippen molar-refractivity contribution < 1.29 is 4.42 Å². The quantitative estimate of drug-likeness (QED) is 0.726. The van der Waals surface area contributed by atoms with Crippen LogP contribution < -0.4 is 5.32 Å². The van der Waals surface area contributed by atoms with Crippen LogP contribution in [-0.4, -0.2) is 7.05 Å². The third kappa shape index (κ3) is 2.42. The number of halogens is 2. The number of rotatable bonds is 3. The molecular weight excluding hydrogens is 293 g/mol. The highest BCUT2D eigenvalue weighted by molar-refractivity contribution is 6.34. The van der Waals surface area contributed by atoms with E-state index in [-0.39, 0.29) is 0 Å². The van der Waals surface area contributed by atoms with Crippen molar-refractivity contribution in [3.8, 4) is 11.3 Å². The van der Waals surface area contributed by atoms with Crippen LogP contribution in [0, 0.1) is 0 Å². The molecule has 0 unspecified atom stereocenters. The average molecular weight is 306 g/mol. The maximum absolute atomic E-state index is 6.16. The minimum atomic E-state index is 0.623. The lowest BCUT2D eigenvalue weighted by molar-refractivity contribution is 0.630. The van der Waals surface area contributed by atoms with Crippen LogP contribution in [0.25, 0.3) is 22.3 Å². The molecule has 0 saturated carbocycles. The number of hydrogen-bond acceptors (Lipinski definition) is 2. The third-order valence-electron chi connectivity index (χ3n) is 3.20. The monoisotopic (exact) mass is 305 g/mol. The standard InChI is InChI=1S/C16H13Cl2NO/c1-19-9-11-7-12(17)5-6-13(11)15-8-10-3-2-4-14(18)16(10)20-15/h2-8,19H,9H2,1H3. The van der Waals surface area contributed by atoms with Gasteiger partial charge in [0.05, 0.1) is 5.02 Å². The Morgan fingerprint density at radius 3 is 2.70 bits per heavy atom. The summed E-state index contributed by atoms with van der Waals surface area (Å²) in [7, 11) is 1.90. The minimum absolute atomic E-state index is 0.623. The van der Waals surface area contributed by atoms with Gasteiger partial charge in [0.25, 0.3) is 0 Å². The van der Waals surface area contributed by atoms with Gasteiger partial charge in [-0.3, -0.25) is 0 Å². The lowest BCUT2D eigenvalue weighted by atomic mass is 10.0. The molecule has 1 heterocycles. The van der Waals surface area contributed by atoms with Crippen LogP contribution in [0.1, 0.15) is 5.56 Å². The van der Waals surface area contributed by atoms with E-state index < -0.39 is 0 Å². The summed E-state index contributed by atoms with van der Waals surface area (Å²) in [4.78, 5) is 0. The largest absolute Gasteiger partial charge is 0.455 e. The Kier molecular flexibility index (Phi) is 3.70. The second-order valence-electron chi connectivity index (χ2n) is 4.60. The first-order valence-corrected chi connectivity index (χ1v) is 7.06. The van der Waals surface area contributed by atoms with Crippen molar-refractivity contribution in [2.45, 2.75) is 6.54 Å². The first-order valence-electron chi connectivity index (χ1n) is 6.30. The van der Waals surface area contributed by atoms with Crippen LogP contribution in [0.2, 0.25) is 10.0 Å². The molecular formula is C16H13Cl2NO. The summed E-state index contributed by atoms with van der Waals surface area (Å²) in [5, 5.41) is 5.48. The van der Waals surface area contributed by atoms with Crippen molar-refractivity contribution >= 4 is 34.2 Å². The molecule has 2 aromatic carbocycles. The highest BCUT2D eigenvalue weighted by Crippen LogP contribution is 2.34. The Labute approximate surface area is 127 Å². The summed E-state index contributed by atoms with van der Waals surface area (Å²) in [6.45, 7) is 0.723. The van der Waals surface area contributed by atoms with Crippen LogP contribution in [0.5, 0.6) is 0 Å². The molecule has 0 spiro atoms. The van der Waals surface area contributed by atoms with Gasteiger partial charge in [0.2, 0.25) is 0 Å². The molecule has 3 aromatic rings. The first-order chi connectivity index (χ1) is 9.69. The molecule has 0 radical (unpaired) electrons. The molecule has 0 fully saturated rings. The molecule has 0 bridgehead atoms. The lowest BCUT2D eigenvalue weighted by Gasteiger charge is -2.07. The number of furan rings is 1. The second-order valence-corrected chi connectivity index (χ2v) is 5.44. The number of benzene rings is 2. The van der Waals surface area contributed by atoms with E-state index >= 15 is 0 Å².